The Labute approximate surface area is 528 Å². The van der Waals surface area contributed by atoms with Gasteiger partial charge in [0.15, 0.2) is 0 Å². The van der Waals surface area contributed by atoms with E-state index in [-0.39, 0.29) is 76.8 Å². The standard InChI is InChI=1S/C59H82N14O19/c1-30(48(80)69-40(59(91)92)27-34-15-17-35(75)18-16-34)63-51(83)39(28-46(62)77)68-50(82)37(20-22-47(78)79)66-54(86)43-13-7-23-71(43)57(89)32(3)65-53(85)42-12-9-25-73(42)58(90)38(19-21-45(61)76)67-55(87)44-14-8-24-72(44)56(88)31(2)64-52(84)41(29-74)70-49(81)36(60)26-33-10-5-4-6-11-33/h4-6,10-11,15-18,30-32,36-44,74-75H,7-9,12-14,19-29,60H2,1-3H3,(H2,61,76)(H2,62,77)(H,63,83)(H,64,84)(H,65,85)(H,66,86)(H,67,87)(H,68,82)(H,69,80)(H,70,81)(H,78,79)(H,91,92)/t30-,31-,32-,36-,37-,38-,39-,40-,41-,42-,43-,44-/m0/s1. The monoisotopic (exact) mass is 1290 g/mol. The van der Waals surface area contributed by atoms with Crippen LogP contribution >= 0.6 is 0 Å². The molecule has 2 aromatic rings. The van der Waals surface area contributed by atoms with Gasteiger partial charge in [0.1, 0.15) is 72.2 Å². The lowest BCUT2D eigenvalue weighted by atomic mass is 10.1. The van der Waals surface area contributed by atoms with Crippen molar-refractivity contribution in [2.75, 3.05) is 26.2 Å². The van der Waals surface area contributed by atoms with Crippen molar-refractivity contribution in [2.24, 2.45) is 17.2 Å². The van der Waals surface area contributed by atoms with E-state index in [1.54, 1.807) is 30.3 Å². The molecular formula is C59H82N14O19. The van der Waals surface area contributed by atoms with Crippen molar-refractivity contribution in [2.45, 2.75) is 177 Å². The van der Waals surface area contributed by atoms with E-state index < -0.39 is 194 Å². The first kappa shape index (κ1) is 73.0. The quantitative estimate of drug-likeness (QED) is 0.0317. The molecule has 18 N–H and O–H groups in total. The van der Waals surface area contributed by atoms with E-state index in [2.05, 4.69) is 42.5 Å². The Hall–Kier alpha value is -9.79. The first-order valence-corrected chi connectivity index (χ1v) is 30.0. The lowest BCUT2D eigenvalue weighted by Gasteiger charge is -2.32. The molecule has 0 aromatic heterocycles. The number of carboxylic acid groups (broad SMARTS) is 2. The molecule has 0 unspecified atom stereocenters. The van der Waals surface area contributed by atoms with Crippen molar-refractivity contribution in [1.82, 2.24) is 57.2 Å². The highest BCUT2D eigenvalue weighted by Crippen LogP contribution is 2.24. The number of amides is 13. The maximum absolute atomic E-state index is 14.4. The summed E-state index contributed by atoms with van der Waals surface area (Å²) < 4.78 is 0. The van der Waals surface area contributed by atoms with E-state index in [0.29, 0.717) is 12.0 Å². The zero-order valence-electron chi connectivity index (χ0n) is 51.1. The first-order chi connectivity index (χ1) is 43.5. The number of nitrogens with two attached hydrogens (primary N) is 3. The fraction of sp³-hybridized carbons (Fsp3) is 0.542. The number of aliphatic carboxylic acids is 2. The van der Waals surface area contributed by atoms with Gasteiger partial charge >= 0.3 is 11.9 Å². The summed E-state index contributed by atoms with van der Waals surface area (Å²) in [6.07, 6.45) is -1.84. The first-order valence-electron chi connectivity index (χ1n) is 30.0. The van der Waals surface area contributed by atoms with Gasteiger partial charge in [-0.05, 0) is 102 Å². The van der Waals surface area contributed by atoms with Crippen LogP contribution in [0.5, 0.6) is 5.75 Å². The third kappa shape index (κ3) is 21.2. The molecule has 502 valence electrons. The molecule has 3 fully saturated rings. The summed E-state index contributed by atoms with van der Waals surface area (Å²) >= 11 is 0. The maximum atomic E-state index is 14.4. The number of hydrogen-bond acceptors (Lipinski definition) is 18. The van der Waals surface area contributed by atoms with Crippen LogP contribution < -0.4 is 59.7 Å². The molecule has 0 saturated carbocycles. The van der Waals surface area contributed by atoms with Crippen LogP contribution in [0.3, 0.4) is 0 Å². The average Bonchev–Trinajstić information content (AvgIpc) is 1.67. The van der Waals surface area contributed by atoms with Crippen LogP contribution in [-0.2, 0) is 84.8 Å². The van der Waals surface area contributed by atoms with Crippen LogP contribution in [0.2, 0.25) is 0 Å². The minimum atomic E-state index is -1.82. The highest BCUT2D eigenvalue weighted by Gasteiger charge is 2.44. The number of benzene rings is 2. The minimum absolute atomic E-state index is 0.00423. The molecular weight excluding hydrogens is 1210 g/mol. The topological polar surface area (TPSA) is 521 Å². The summed E-state index contributed by atoms with van der Waals surface area (Å²) in [6, 6.07) is -2.52. The van der Waals surface area contributed by atoms with Gasteiger partial charge in [-0.25, -0.2) is 4.79 Å². The number of phenols is 1. The number of nitrogens with zero attached hydrogens (tertiary/aromatic N) is 3. The molecule has 5 rings (SSSR count). The highest BCUT2D eigenvalue weighted by atomic mass is 16.4. The Morgan fingerprint density at radius 1 is 0.478 bits per heavy atom. The molecule has 0 spiro atoms. The molecule has 0 aliphatic carbocycles. The van der Waals surface area contributed by atoms with Crippen LogP contribution in [0, 0.1) is 0 Å². The van der Waals surface area contributed by atoms with Gasteiger partial charge in [-0.1, -0.05) is 42.5 Å². The van der Waals surface area contributed by atoms with Crippen molar-refractivity contribution in [3.05, 3.63) is 65.7 Å². The van der Waals surface area contributed by atoms with E-state index in [9.17, 15) is 92.3 Å². The Balaban J connectivity index is 1.19. The molecule has 3 heterocycles. The van der Waals surface area contributed by atoms with Crippen molar-refractivity contribution >= 4 is 88.7 Å². The molecule has 13 amide bonds. The third-order valence-corrected chi connectivity index (χ3v) is 15.8. The Morgan fingerprint density at radius 3 is 1.43 bits per heavy atom. The summed E-state index contributed by atoms with van der Waals surface area (Å²) in [5.74, 6) is -14.6. The number of primary amides is 2. The lowest BCUT2D eigenvalue weighted by Crippen LogP contribution is -2.60. The smallest absolute Gasteiger partial charge is 0.326 e. The van der Waals surface area contributed by atoms with Crippen LogP contribution in [0.25, 0.3) is 0 Å². The zero-order chi connectivity index (χ0) is 68.1. The number of likely N-dealkylation sites (tertiary alicyclic amines) is 3. The van der Waals surface area contributed by atoms with Gasteiger partial charge < -0.3 is 94.9 Å². The van der Waals surface area contributed by atoms with Crippen LogP contribution in [-0.4, -0.2) is 223 Å². The van der Waals surface area contributed by atoms with Crippen molar-refractivity contribution < 1.29 is 92.3 Å². The fourth-order valence-electron chi connectivity index (χ4n) is 10.8. The maximum Gasteiger partial charge on any atom is 0.326 e. The number of nitrogens with one attached hydrogen (secondary N) is 8. The number of aliphatic hydroxyl groups is 1. The highest BCUT2D eigenvalue weighted by molar-refractivity contribution is 6.00. The average molecular weight is 1290 g/mol. The van der Waals surface area contributed by atoms with Gasteiger partial charge in [0, 0.05) is 38.9 Å². The number of carbonyl (C=O) groups excluding carboxylic acids is 13. The second kappa shape index (κ2) is 34.4. The molecule has 12 atom stereocenters. The van der Waals surface area contributed by atoms with Gasteiger partial charge in [-0.2, -0.15) is 0 Å². The van der Waals surface area contributed by atoms with Gasteiger partial charge in [-0.3, -0.25) is 67.1 Å². The van der Waals surface area contributed by atoms with E-state index >= 15 is 0 Å². The molecule has 0 radical (unpaired) electrons. The number of aliphatic hydroxyl groups excluding tert-OH is 1. The Kier molecular flexibility index (Phi) is 27.3. The number of aromatic hydroxyl groups is 1. The van der Waals surface area contributed by atoms with Gasteiger partial charge in [-0.15, -0.1) is 0 Å². The molecule has 33 nitrogen and oxygen atoms in total. The minimum Gasteiger partial charge on any atom is -0.508 e. The summed E-state index contributed by atoms with van der Waals surface area (Å²) in [5.41, 5.74) is 18.1. The van der Waals surface area contributed by atoms with E-state index in [1.807, 2.05) is 0 Å². The van der Waals surface area contributed by atoms with E-state index in [1.165, 1.54) is 54.8 Å². The summed E-state index contributed by atoms with van der Waals surface area (Å²) in [5, 5.41) is 58.1. The van der Waals surface area contributed by atoms with Gasteiger partial charge in [0.25, 0.3) is 0 Å². The predicted molar refractivity (Wildman–Crippen MR) is 320 cm³/mol. The second-order valence-corrected chi connectivity index (χ2v) is 22.9. The summed E-state index contributed by atoms with van der Waals surface area (Å²) in [7, 11) is 0. The number of carbonyl (C=O) groups is 15. The normalized spacial score (nSPS) is 19.0. The molecule has 3 saturated heterocycles. The van der Waals surface area contributed by atoms with Gasteiger partial charge in [0.05, 0.1) is 19.1 Å². The molecule has 3 aliphatic heterocycles. The number of carboxylic acids is 2. The molecule has 0 bridgehead atoms. The fourth-order valence-corrected chi connectivity index (χ4v) is 10.8. The summed E-state index contributed by atoms with van der Waals surface area (Å²) in [4.78, 5) is 202. The SMILES string of the molecule is C[C@H](NC(=O)[C@H](CC(N)=O)NC(=O)[C@H](CCC(=O)O)NC(=O)[C@@H]1CCCN1C(=O)[C@H](C)NC(=O)[C@@H]1CCCN1C(=O)[C@H](CCC(N)=O)NC(=O)[C@@H]1CCCN1C(=O)[C@H](C)NC(=O)[C@H](CO)NC(=O)[C@@H](N)Cc1ccccc1)C(=O)N[C@@H](Cc1ccc(O)cc1)C(=O)O. The lowest BCUT2D eigenvalue weighted by molar-refractivity contribution is -0.145. The third-order valence-electron chi connectivity index (χ3n) is 15.8. The zero-order valence-corrected chi connectivity index (χ0v) is 51.1. The largest absolute Gasteiger partial charge is 0.508 e. The molecule has 3 aliphatic rings. The van der Waals surface area contributed by atoms with E-state index in [0.717, 1.165) is 10.5 Å². The number of hydrogen-bond donors (Lipinski definition) is 15. The van der Waals surface area contributed by atoms with E-state index in [4.69, 9.17) is 17.2 Å². The molecule has 92 heavy (non-hydrogen) atoms. The van der Waals surface area contributed by atoms with Crippen LogP contribution in [0.1, 0.15) is 103 Å². The molecule has 2 aromatic carbocycles. The Morgan fingerprint density at radius 2 is 0.924 bits per heavy atom. The predicted octanol–water partition coefficient (Wildman–Crippen LogP) is -5.50. The summed E-state index contributed by atoms with van der Waals surface area (Å²) in [6.45, 7) is 3.02. The molecule has 33 heteroatoms. The van der Waals surface area contributed by atoms with Crippen molar-refractivity contribution in [1.29, 1.82) is 0 Å². The van der Waals surface area contributed by atoms with Crippen molar-refractivity contribution in [3.8, 4) is 5.75 Å². The second-order valence-electron chi connectivity index (χ2n) is 22.9. The number of rotatable bonds is 33. The number of phenolic OH excluding ortho intramolecular Hbond substituents is 1. The van der Waals surface area contributed by atoms with Gasteiger partial charge in [0.2, 0.25) is 76.8 Å². The van der Waals surface area contributed by atoms with Crippen LogP contribution in [0.4, 0.5) is 0 Å². The Bertz CT molecular complexity index is 3060. The van der Waals surface area contributed by atoms with Crippen LogP contribution in [0.15, 0.2) is 54.6 Å². The van der Waals surface area contributed by atoms with Crippen molar-refractivity contribution in [3.63, 3.8) is 0 Å².